The molecule has 0 unspecified atom stereocenters. The first-order chi connectivity index (χ1) is 8.15. The zero-order chi connectivity index (χ0) is 12.3. The van der Waals surface area contributed by atoms with Gasteiger partial charge >= 0.3 is 5.97 Å². The van der Waals surface area contributed by atoms with Crippen LogP contribution in [0.25, 0.3) is 0 Å². The molecule has 0 atom stereocenters. The molecule has 17 heavy (non-hydrogen) atoms. The molecule has 2 aromatic rings. The Bertz CT molecular complexity index is 519. The topological polar surface area (TPSA) is 88.2 Å². The van der Waals surface area contributed by atoms with E-state index >= 15 is 0 Å². The average Bonchev–Trinajstić information content (AvgIpc) is 2.73. The number of furan rings is 1. The molecular formula is C11H11N3O3. The van der Waals surface area contributed by atoms with Gasteiger partial charge in [0.25, 0.3) is 0 Å². The number of nitrogens with zero attached hydrogens (tertiary/aromatic N) is 2. The van der Waals surface area contributed by atoms with Crippen molar-refractivity contribution in [3.63, 3.8) is 0 Å². The highest BCUT2D eigenvalue weighted by atomic mass is 16.4. The van der Waals surface area contributed by atoms with Gasteiger partial charge in [-0.2, -0.15) is 0 Å². The molecule has 0 radical (unpaired) electrons. The molecule has 0 fully saturated rings. The number of hydrogen-bond acceptors (Lipinski definition) is 5. The quantitative estimate of drug-likeness (QED) is 0.835. The van der Waals surface area contributed by atoms with Crippen molar-refractivity contribution < 1.29 is 14.3 Å². The summed E-state index contributed by atoms with van der Waals surface area (Å²) in [5.41, 5.74) is -0.0793. The molecule has 6 heteroatoms. The third kappa shape index (κ3) is 2.81. The van der Waals surface area contributed by atoms with Gasteiger partial charge in [0.2, 0.25) is 0 Å². The Morgan fingerprint density at radius 1 is 1.41 bits per heavy atom. The fourth-order valence-electron chi connectivity index (χ4n) is 1.29. The highest BCUT2D eigenvalue weighted by Gasteiger charge is 2.05. The van der Waals surface area contributed by atoms with Crippen molar-refractivity contribution in [2.45, 2.75) is 13.5 Å². The van der Waals surface area contributed by atoms with Crippen LogP contribution in [0.15, 0.2) is 28.9 Å². The fraction of sp³-hybridized carbons (Fsp3) is 0.182. The van der Waals surface area contributed by atoms with E-state index in [1.165, 1.54) is 12.4 Å². The third-order valence-electron chi connectivity index (χ3n) is 2.11. The van der Waals surface area contributed by atoms with Crippen LogP contribution >= 0.6 is 0 Å². The molecule has 0 aliphatic rings. The number of hydrogen-bond donors (Lipinski definition) is 2. The summed E-state index contributed by atoms with van der Waals surface area (Å²) in [5.74, 6) is 1.04. The highest BCUT2D eigenvalue weighted by Crippen LogP contribution is 2.09. The molecule has 2 heterocycles. The number of carboxylic acids is 1. The third-order valence-corrected chi connectivity index (χ3v) is 2.11. The standard InChI is InChI=1S/C11H11N3O3/c1-7-2-3-8(17-7)4-13-10-6-12-9(5-14-10)11(15)16/h2-3,5-6H,4H2,1H3,(H,13,14)(H,15,16). The maximum atomic E-state index is 10.6. The molecule has 0 aliphatic carbocycles. The van der Waals surface area contributed by atoms with Crippen LogP contribution in [0.5, 0.6) is 0 Å². The Morgan fingerprint density at radius 3 is 2.76 bits per heavy atom. The minimum atomic E-state index is -1.09. The Labute approximate surface area is 97.3 Å². The van der Waals surface area contributed by atoms with Crippen LogP contribution in [-0.4, -0.2) is 21.0 Å². The number of rotatable bonds is 4. The molecule has 0 aromatic carbocycles. The zero-order valence-corrected chi connectivity index (χ0v) is 9.17. The molecule has 6 nitrogen and oxygen atoms in total. The van der Waals surface area contributed by atoms with Crippen LogP contribution in [0.4, 0.5) is 5.82 Å². The SMILES string of the molecule is Cc1ccc(CNc2cnc(C(=O)O)cn2)o1. The molecular weight excluding hydrogens is 222 g/mol. The van der Waals surface area contributed by atoms with Gasteiger partial charge in [0.15, 0.2) is 5.69 Å². The molecule has 0 spiro atoms. The highest BCUT2D eigenvalue weighted by molar-refractivity contribution is 5.84. The smallest absolute Gasteiger partial charge is 0.356 e. The van der Waals surface area contributed by atoms with Gasteiger partial charge in [-0.3, -0.25) is 0 Å². The lowest BCUT2D eigenvalue weighted by molar-refractivity contribution is 0.0690. The van der Waals surface area contributed by atoms with Crippen molar-refractivity contribution in [1.82, 2.24) is 9.97 Å². The molecule has 88 valence electrons. The van der Waals surface area contributed by atoms with Crippen LogP contribution in [-0.2, 0) is 6.54 Å². The summed E-state index contributed by atoms with van der Waals surface area (Å²) >= 11 is 0. The predicted molar refractivity (Wildman–Crippen MR) is 59.8 cm³/mol. The minimum absolute atomic E-state index is 0.0793. The summed E-state index contributed by atoms with van der Waals surface area (Å²) in [4.78, 5) is 18.2. The number of aryl methyl sites for hydroxylation is 1. The summed E-state index contributed by atoms with van der Waals surface area (Å²) < 4.78 is 5.36. The van der Waals surface area contributed by atoms with Crippen LogP contribution in [0.3, 0.4) is 0 Å². The number of carbonyl (C=O) groups is 1. The van der Waals surface area contributed by atoms with Crippen LogP contribution < -0.4 is 5.32 Å². The minimum Gasteiger partial charge on any atom is -0.476 e. The van der Waals surface area contributed by atoms with Gasteiger partial charge in [0.1, 0.15) is 17.3 Å². The van der Waals surface area contributed by atoms with Crippen LogP contribution in [0, 0.1) is 6.92 Å². The molecule has 0 bridgehead atoms. The summed E-state index contributed by atoms with van der Waals surface area (Å²) in [5, 5.41) is 11.6. The summed E-state index contributed by atoms with van der Waals surface area (Å²) in [7, 11) is 0. The van der Waals surface area contributed by atoms with Gasteiger partial charge in [0, 0.05) is 0 Å². The maximum Gasteiger partial charge on any atom is 0.356 e. The van der Waals surface area contributed by atoms with E-state index in [1.807, 2.05) is 19.1 Å². The normalized spacial score (nSPS) is 10.2. The molecule has 0 saturated carbocycles. The molecule has 2 rings (SSSR count). The first-order valence-corrected chi connectivity index (χ1v) is 4.99. The van der Waals surface area contributed by atoms with Gasteiger partial charge in [-0.25, -0.2) is 14.8 Å². The van der Waals surface area contributed by atoms with Crippen molar-refractivity contribution in [1.29, 1.82) is 0 Å². The van der Waals surface area contributed by atoms with E-state index < -0.39 is 5.97 Å². The van der Waals surface area contributed by atoms with E-state index in [-0.39, 0.29) is 5.69 Å². The van der Waals surface area contributed by atoms with Crippen molar-refractivity contribution in [3.8, 4) is 0 Å². The van der Waals surface area contributed by atoms with E-state index in [2.05, 4.69) is 15.3 Å². The molecule has 2 N–H and O–H groups in total. The maximum absolute atomic E-state index is 10.6. The average molecular weight is 233 g/mol. The number of carboxylic acid groups (broad SMARTS) is 1. The molecule has 0 amide bonds. The summed E-state index contributed by atoms with van der Waals surface area (Å²) in [6.45, 7) is 2.35. The van der Waals surface area contributed by atoms with Crippen LogP contribution in [0.1, 0.15) is 22.0 Å². The van der Waals surface area contributed by atoms with Gasteiger partial charge < -0.3 is 14.8 Å². The first kappa shape index (κ1) is 11.1. The summed E-state index contributed by atoms with van der Waals surface area (Å²) in [6, 6.07) is 3.73. The van der Waals surface area contributed by atoms with Crippen molar-refractivity contribution in [2.75, 3.05) is 5.32 Å². The van der Waals surface area contributed by atoms with E-state index in [1.54, 1.807) is 0 Å². The fourth-order valence-corrected chi connectivity index (χ4v) is 1.29. The predicted octanol–water partition coefficient (Wildman–Crippen LogP) is 1.69. The Morgan fingerprint density at radius 2 is 2.24 bits per heavy atom. The molecule has 0 saturated heterocycles. The lowest BCUT2D eigenvalue weighted by Crippen LogP contribution is -2.05. The van der Waals surface area contributed by atoms with Crippen molar-refractivity contribution in [3.05, 3.63) is 41.7 Å². The second-order valence-corrected chi connectivity index (χ2v) is 3.46. The van der Waals surface area contributed by atoms with Crippen molar-refractivity contribution in [2.24, 2.45) is 0 Å². The molecule has 2 aromatic heterocycles. The van der Waals surface area contributed by atoms with Crippen molar-refractivity contribution >= 4 is 11.8 Å². The Hall–Kier alpha value is -2.37. The monoisotopic (exact) mass is 233 g/mol. The van der Waals surface area contributed by atoms with Gasteiger partial charge in [-0.15, -0.1) is 0 Å². The molecule has 0 aliphatic heterocycles. The first-order valence-electron chi connectivity index (χ1n) is 4.99. The Kier molecular flexibility index (Phi) is 3.04. The van der Waals surface area contributed by atoms with E-state index in [0.717, 1.165) is 11.5 Å². The number of aromatic carboxylic acids is 1. The van der Waals surface area contributed by atoms with E-state index in [9.17, 15) is 4.79 Å². The van der Waals surface area contributed by atoms with Gasteiger partial charge in [-0.05, 0) is 19.1 Å². The number of anilines is 1. The van der Waals surface area contributed by atoms with Crippen LogP contribution in [0.2, 0.25) is 0 Å². The van der Waals surface area contributed by atoms with E-state index in [4.69, 9.17) is 9.52 Å². The second kappa shape index (κ2) is 4.65. The summed E-state index contributed by atoms with van der Waals surface area (Å²) in [6.07, 6.45) is 2.58. The van der Waals surface area contributed by atoms with E-state index in [0.29, 0.717) is 12.4 Å². The lowest BCUT2D eigenvalue weighted by atomic mass is 10.4. The zero-order valence-electron chi connectivity index (χ0n) is 9.17. The van der Waals surface area contributed by atoms with Gasteiger partial charge in [0.05, 0.1) is 18.9 Å². The second-order valence-electron chi connectivity index (χ2n) is 3.46. The Balaban J connectivity index is 1.97. The largest absolute Gasteiger partial charge is 0.476 e. The number of aromatic nitrogens is 2. The number of nitrogens with one attached hydrogen (secondary N) is 1. The lowest BCUT2D eigenvalue weighted by Gasteiger charge is -2.02. The van der Waals surface area contributed by atoms with Gasteiger partial charge in [-0.1, -0.05) is 0 Å².